The maximum atomic E-state index is 12.5. The number of carbonyl (C=O) groups is 1. The van der Waals surface area contributed by atoms with Crippen LogP contribution in [0.3, 0.4) is 0 Å². The van der Waals surface area contributed by atoms with Gasteiger partial charge in [0.1, 0.15) is 0 Å². The maximum Gasteiger partial charge on any atom is 0.224 e. The minimum atomic E-state index is -0.197. The average molecular weight is 279 g/mol. The number of piperidine rings is 2. The lowest BCUT2D eigenvalue weighted by molar-refractivity contribution is -0.136. The highest BCUT2D eigenvalue weighted by atomic mass is 16.2. The van der Waals surface area contributed by atoms with Crippen molar-refractivity contribution in [2.45, 2.75) is 62.9 Å². The van der Waals surface area contributed by atoms with E-state index < -0.39 is 0 Å². The van der Waals surface area contributed by atoms with Crippen LogP contribution in [0.1, 0.15) is 51.4 Å². The number of hydrogen-bond acceptors (Lipinski definition) is 3. The van der Waals surface area contributed by atoms with Gasteiger partial charge in [0.25, 0.3) is 0 Å². The first-order chi connectivity index (χ1) is 9.57. The molecule has 2 aliphatic heterocycles. The van der Waals surface area contributed by atoms with Crippen LogP contribution in [-0.2, 0) is 4.79 Å². The van der Waals surface area contributed by atoms with Crippen molar-refractivity contribution in [2.24, 2.45) is 11.7 Å². The highest BCUT2D eigenvalue weighted by Crippen LogP contribution is 2.33. The minimum Gasteiger partial charge on any atom is -0.342 e. The van der Waals surface area contributed by atoms with Gasteiger partial charge in [-0.1, -0.05) is 12.8 Å². The van der Waals surface area contributed by atoms with E-state index in [4.69, 9.17) is 5.73 Å². The SMILES string of the molecule is CN1CCCC2CN(C(=O)CC3(N)CCCC3)CCC21. The van der Waals surface area contributed by atoms with Crippen molar-refractivity contribution in [2.75, 3.05) is 26.7 Å². The Morgan fingerprint density at radius 3 is 2.70 bits per heavy atom. The predicted molar refractivity (Wildman–Crippen MR) is 80.3 cm³/mol. The van der Waals surface area contributed by atoms with E-state index in [0.29, 0.717) is 24.3 Å². The molecule has 2 unspecified atom stereocenters. The van der Waals surface area contributed by atoms with Crippen molar-refractivity contribution in [1.29, 1.82) is 0 Å². The van der Waals surface area contributed by atoms with E-state index >= 15 is 0 Å². The smallest absolute Gasteiger partial charge is 0.224 e. The van der Waals surface area contributed by atoms with Gasteiger partial charge in [-0.05, 0) is 51.6 Å². The van der Waals surface area contributed by atoms with Crippen molar-refractivity contribution < 1.29 is 4.79 Å². The van der Waals surface area contributed by atoms with Gasteiger partial charge in [-0.2, -0.15) is 0 Å². The Balaban J connectivity index is 1.57. The van der Waals surface area contributed by atoms with Crippen LogP contribution in [0.5, 0.6) is 0 Å². The molecule has 2 N–H and O–H groups in total. The first-order valence-electron chi connectivity index (χ1n) is 8.34. The molecule has 114 valence electrons. The van der Waals surface area contributed by atoms with E-state index in [0.717, 1.165) is 32.4 Å². The molecule has 0 aromatic carbocycles. The highest BCUT2D eigenvalue weighted by Gasteiger charge is 2.38. The fourth-order valence-corrected chi connectivity index (χ4v) is 4.55. The molecular weight excluding hydrogens is 250 g/mol. The normalized spacial score (nSPS) is 34.0. The monoisotopic (exact) mass is 279 g/mol. The van der Waals surface area contributed by atoms with Crippen molar-refractivity contribution in [1.82, 2.24) is 9.80 Å². The summed E-state index contributed by atoms with van der Waals surface area (Å²) in [7, 11) is 2.24. The zero-order valence-electron chi connectivity index (χ0n) is 12.8. The van der Waals surface area contributed by atoms with E-state index in [-0.39, 0.29) is 5.54 Å². The molecule has 1 aliphatic carbocycles. The second kappa shape index (κ2) is 5.64. The highest BCUT2D eigenvalue weighted by molar-refractivity contribution is 5.77. The zero-order chi connectivity index (χ0) is 14.2. The number of nitrogens with two attached hydrogens (primary N) is 1. The van der Waals surface area contributed by atoms with E-state index in [1.807, 2.05) is 0 Å². The molecule has 3 rings (SSSR count). The number of carbonyl (C=O) groups excluding carboxylic acids is 1. The second-order valence-corrected chi connectivity index (χ2v) is 7.32. The van der Waals surface area contributed by atoms with Gasteiger partial charge in [0.15, 0.2) is 0 Å². The third-order valence-electron chi connectivity index (χ3n) is 5.80. The lowest BCUT2D eigenvalue weighted by Crippen LogP contribution is -2.55. The first-order valence-corrected chi connectivity index (χ1v) is 8.34. The van der Waals surface area contributed by atoms with Crippen LogP contribution in [0.4, 0.5) is 0 Å². The first kappa shape index (κ1) is 14.3. The molecule has 0 aromatic rings. The summed E-state index contributed by atoms with van der Waals surface area (Å²) in [6.07, 6.45) is 8.72. The molecule has 20 heavy (non-hydrogen) atoms. The zero-order valence-corrected chi connectivity index (χ0v) is 12.8. The van der Waals surface area contributed by atoms with Gasteiger partial charge < -0.3 is 15.5 Å². The van der Waals surface area contributed by atoms with Crippen molar-refractivity contribution in [3.63, 3.8) is 0 Å². The summed E-state index contributed by atoms with van der Waals surface area (Å²) in [5, 5.41) is 0. The number of amides is 1. The van der Waals surface area contributed by atoms with Crippen molar-refractivity contribution in [3.8, 4) is 0 Å². The summed E-state index contributed by atoms with van der Waals surface area (Å²) in [5.41, 5.74) is 6.17. The van der Waals surface area contributed by atoms with Crippen molar-refractivity contribution in [3.05, 3.63) is 0 Å². The Hall–Kier alpha value is -0.610. The lowest BCUT2D eigenvalue weighted by atomic mass is 9.83. The van der Waals surface area contributed by atoms with Gasteiger partial charge in [-0.3, -0.25) is 4.79 Å². The summed E-state index contributed by atoms with van der Waals surface area (Å²) in [6.45, 7) is 3.12. The third-order valence-corrected chi connectivity index (χ3v) is 5.80. The molecule has 0 aromatic heterocycles. The van der Waals surface area contributed by atoms with E-state index in [2.05, 4.69) is 16.8 Å². The molecule has 0 bridgehead atoms. The van der Waals surface area contributed by atoms with Crippen LogP contribution in [-0.4, -0.2) is 54.0 Å². The number of nitrogens with zero attached hydrogens (tertiary/aromatic N) is 2. The second-order valence-electron chi connectivity index (χ2n) is 7.32. The Bertz CT molecular complexity index is 365. The number of hydrogen-bond donors (Lipinski definition) is 1. The van der Waals surface area contributed by atoms with Crippen LogP contribution in [0.25, 0.3) is 0 Å². The van der Waals surface area contributed by atoms with Gasteiger partial charge in [-0.25, -0.2) is 0 Å². The third kappa shape index (κ3) is 2.86. The lowest BCUT2D eigenvalue weighted by Gasteiger charge is -2.46. The van der Waals surface area contributed by atoms with Gasteiger partial charge in [0, 0.05) is 31.1 Å². The predicted octanol–water partition coefficient (Wildman–Crippen LogP) is 1.59. The van der Waals surface area contributed by atoms with Gasteiger partial charge >= 0.3 is 0 Å². The molecule has 2 saturated heterocycles. The standard InChI is InChI=1S/C16H29N3O/c1-18-9-4-5-13-12-19(10-6-14(13)18)15(20)11-16(17)7-2-3-8-16/h13-14H,2-12,17H2,1H3. The molecule has 3 fully saturated rings. The Kier molecular flexibility index (Phi) is 4.04. The summed E-state index contributed by atoms with van der Waals surface area (Å²) in [4.78, 5) is 17.1. The van der Waals surface area contributed by atoms with Crippen molar-refractivity contribution >= 4 is 5.91 Å². The summed E-state index contributed by atoms with van der Waals surface area (Å²) < 4.78 is 0. The molecule has 2 atom stereocenters. The molecule has 4 heteroatoms. The Labute approximate surface area is 122 Å². The molecular formula is C16H29N3O. The van der Waals surface area contributed by atoms with Gasteiger partial charge in [0.2, 0.25) is 5.91 Å². The van der Waals surface area contributed by atoms with Gasteiger partial charge in [-0.15, -0.1) is 0 Å². The van der Waals surface area contributed by atoms with Crippen LogP contribution in [0, 0.1) is 5.92 Å². The Morgan fingerprint density at radius 1 is 1.20 bits per heavy atom. The van der Waals surface area contributed by atoms with Crippen LogP contribution in [0.2, 0.25) is 0 Å². The average Bonchev–Trinajstić information content (AvgIpc) is 2.85. The van der Waals surface area contributed by atoms with Crippen LogP contribution in [0.15, 0.2) is 0 Å². The molecule has 2 heterocycles. The summed E-state index contributed by atoms with van der Waals surface area (Å²) in [6, 6.07) is 0.700. The molecule has 1 saturated carbocycles. The maximum absolute atomic E-state index is 12.5. The number of fused-ring (bicyclic) bond motifs is 1. The molecule has 0 spiro atoms. The quantitative estimate of drug-likeness (QED) is 0.835. The minimum absolute atomic E-state index is 0.197. The fourth-order valence-electron chi connectivity index (χ4n) is 4.55. The van der Waals surface area contributed by atoms with E-state index in [1.54, 1.807) is 0 Å². The van der Waals surface area contributed by atoms with Crippen LogP contribution >= 0.6 is 0 Å². The number of likely N-dealkylation sites (tertiary alicyclic amines) is 2. The topological polar surface area (TPSA) is 49.6 Å². The van der Waals surface area contributed by atoms with Crippen LogP contribution < -0.4 is 5.73 Å². The van der Waals surface area contributed by atoms with Gasteiger partial charge in [0.05, 0.1) is 0 Å². The summed E-state index contributed by atoms with van der Waals surface area (Å²) >= 11 is 0. The summed E-state index contributed by atoms with van der Waals surface area (Å²) in [5.74, 6) is 0.991. The largest absolute Gasteiger partial charge is 0.342 e. The Morgan fingerprint density at radius 2 is 1.95 bits per heavy atom. The van der Waals surface area contributed by atoms with E-state index in [9.17, 15) is 4.79 Å². The fraction of sp³-hybridized carbons (Fsp3) is 0.938. The molecule has 4 nitrogen and oxygen atoms in total. The molecule has 0 radical (unpaired) electrons. The molecule has 3 aliphatic rings. The molecule has 1 amide bonds. The van der Waals surface area contributed by atoms with E-state index in [1.165, 1.54) is 32.2 Å². The number of rotatable bonds is 2.